The van der Waals surface area contributed by atoms with Crippen molar-refractivity contribution in [2.24, 2.45) is 11.5 Å². The van der Waals surface area contributed by atoms with Crippen LogP contribution in [0.5, 0.6) is 0 Å². The largest absolute Gasteiger partial charge is 0.375 e. The summed E-state index contributed by atoms with van der Waals surface area (Å²) < 4.78 is 5.62. The van der Waals surface area contributed by atoms with Crippen molar-refractivity contribution in [3.05, 3.63) is 0 Å². The van der Waals surface area contributed by atoms with Gasteiger partial charge in [0.15, 0.2) is 0 Å². The van der Waals surface area contributed by atoms with E-state index in [2.05, 4.69) is 13.8 Å². The molecule has 0 aliphatic carbocycles. The minimum absolute atomic E-state index is 0.0936. The molecule has 3 nitrogen and oxygen atoms in total. The van der Waals surface area contributed by atoms with Gasteiger partial charge in [0.1, 0.15) is 0 Å². The van der Waals surface area contributed by atoms with Crippen molar-refractivity contribution < 1.29 is 4.74 Å². The van der Waals surface area contributed by atoms with Crippen LogP contribution in [0.1, 0.15) is 33.6 Å². The molecule has 0 aromatic rings. The fourth-order valence-electron chi connectivity index (χ4n) is 0.941. The average Bonchev–Trinajstić information content (AvgIpc) is 1.85. The highest BCUT2D eigenvalue weighted by Gasteiger charge is 2.16. The molecule has 1 unspecified atom stereocenters. The van der Waals surface area contributed by atoms with Crippen LogP contribution >= 0.6 is 0 Å². The van der Waals surface area contributed by atoms with Gasteiger partial charge in [-0.3, -0.25) is 0 Å². The van der Waals surface area contributed by atoms with Crippen LogP contribution in [0.25, 0.3) is 0 Å². The van der Waals surface area contributed by atoms with Gasteiger partial charge in [-0.25, -0.2) is 0 Å². The quantitative estimate of drug-likeness (QED) is 0.628. The molecular formula is C9H22N2O. The number of rotatable bonds is 6. The Morgan fingerprint density at radius 2 is 2.00 bits per heavy atom. The van der Waals surface area contributed by atoms with Crippen molar-refractivity contribution in [2.45, 2.75) is 45.3 Å². The summed E-state index contributed by atoms with van der Waals surface area (Å²) in [5, 5.41) is 0. The van der Waals surface area contributed by atoms with Crippen LogP contribution in [0.4, 0.5) is 0 Å². The van der Waals surface area contributed by atoms with E-state index in [0.29, 0.717) is 6.54 Å². The first kappa shape index (κ1) is 11.9. The van der Waals surface area contributed by atoms with E-state index < -0.39 is 0 Å². The van der Waals surface area contributed by atoms with E-state index >= 15 is 0 Å². The molecule has 0 aliphatic rings. The van der Waals surface area contributed by atoms with Gasteiger partial charge in [-0.1, -0.05) is 0 Å². The Morgan fingerprint density at radius 3 is 2.42 bits per heavy atom. The van der Waals surface area contributed by atoms with Gasteiger partial charge in [-0.2, -0.15) is 0 Å². The molecule has 3 heteroatoms. The molecule has 0 aromatic heterocycles. The van der Waals surface area contributed by atoms with E-state index in [9.17, 15) is 0 Å². The summed E-state index contributed by atoms with van der Waals surface area (Å²) in [5.41, 5.74) is 10.9. The molecule has 0 aromatic carbocycles. The van der Waals surface area contributed by atoms with Crippen LogP contribution in [0, 0.1) is 0 Å². The first-order chi connectivity index (χ1) is 5.48. The summed E-state index contributed by atoms with van der Waals surface area (Å²) in [5.74, 6) is 0. The minimum atomic E-state index is -0.0936. The third kappa shape index (κ3) is 6.58. The fraction of sp³-hybridized carbons (Fsp3) is 1.00. The standard InChI is InChI=1S/C9H22N2O/c1-8(11)4-7-12-9(2,3)5-6-10/h8H,4-7,10-11H2,1-3H3. The lowest BCUT2D eigenvalue weighted by Gasteiger charge is -2.25. The highest BCUT2D eigenvalue weighted by molar-refractivity contribution is 4.69. The van der Waals surface area contributed by atoms with Gasteiger partial charge in [-0.05, 0) is 40.2 Å². The molecular weight excluding hydrogens is 152 g/mol. The number of ether oxygens (including phenoxy) is 1. The monoisotopic (exact) mass is 174 g/mol. The normalized spacial score (nSPS) is 14.8. The van der Waals surface area contributed by atoms with Crippen molar-refractivity contribution in [1.82, 2.24) is 0 Å². The second kappa shape index (κ2) is 5.51. The Hall–Kier alpha value is -0.120. The maximum atomic E-state index is 5.62. The van der Waals surface area contributed by atoms with Gasteiger partial charge in [0.25, 0.3) is 0 Å². The third-order valence-electron chi connectivity index (χ3n) is 1.81. The molecule has 0 saturated carbocycles. The van der Waals surface area contributed by atoms with Crippen molar-refractivity contribution in [2.75, 3.05) is 13.2 Å². The van der Waals surface area contributed by atoms with Gasteiger partial charge >= 0.3 is 0 Å². The number of hydrogen-bond donors (Lipinski definition) is 2. The van der Waals surface area contributed by atoms with Crippen LogP contribution in [-0.4, -0.2) is 24.8 Å². The van der Waals surface area contributed by atoms with Crippen molar-refractivity contribution in [1.29, 1.82) is 0 Å². The van der Waals surface area contributed by atoms with Gasteiger partial charge in [0.05, 0.1) is 5.60 Å². The van der Waals surface area contributed by atoms with Crippen LogP contribution < -0.4 is 11.5 Å². The smallest absolute Gasteiger partial charge is 0.0638 e. The van der Waals surface area contributed by atoms with E-state index in [1.54, 1.807) is 0 Å². The second-order valence-corrected chi connectivity index (χ2v) is 3.91. The van der Waals surface area contributed by atoms with Gasteiger partial charge in [-0.15, -0.1) is 0 Å². The third-order valence-corrected chi connectivity index (χ3v) is 1.81. The zero-order valence-corrected chi connectivity index (χ0v) is 8.47. The average molecular weight is 174 g/mol. The molecule has 0 radical (unpaired) electrons. The minimum Gasteiger partial charge on any atom is -0.375 e. The van der Waals surface area contributed by atoms with Crippen LogP contribution in [0.2, 0.25) is 0 Å². The second-order valence-electron chi connectivity index (χ2n) is 3.91. The summed E-state index contributed by atoms with van der Waals surface area (Å²) in [6, 6.07) is 0.221. The molecule has 0 fully saturated rings. The molecule has 0 bridgehead atoms. The predicted molar refractivity (Wildman–Crippen MR) is 52.0 cm³/mol. The molecule has 74 valence electrons. The van der Waals surface area contributed by atoms with Crippen LogP contribution in [0.15, 0.2) is 0 Å². The van der Waals surface area contributed by atoms with E-state index in [4.69, 9.17) is 16.2 Å². The maximum absolute atomic E-state index is 5.62. The van der Waals surface area contributed by atoms with Crippen molar-refractivity contribution in [3.63, 3.8) is 0 Å². The lowest BCUT2D eigenvalue weighted by Crippen LogP contribution is -2.29. The van der Waals surface area contributed by atoms with Crippen LogP contribution in [0.3, 0.4) is 0 Å². The Bertz CT molecular complexity index is 113. The SMILES string of the molecule is CC(N)CCOC(C)(C)CCN. The van der Waals surface area contributed by atoms with E-state index in [1.165, 1.54) is 0 Å². The fourth-order valence-corrected chi connectivity index (χ4v) is 0.941. The van der Waals surface area contributed by atoms with Crippen molar-refractivity contribution >= 4 is 0 Å². The van der Waals surface area contributed by atoms with E-state index in [0.717, 1.165) is 19.4 Å². The van der Waals surface area contributed by atoms with Crippen molar-refractivity contribution in [3.8, 4) is 0 Å². The topological polar surface area (TPSA) is 61.3 Å². The summed E-state index contributed by atoms with van der Waals surface area (Å²) in [4.78, 5) is 0. The Kier molecular flexibility index (Phi) is 5.46. The first-order valence-corrected chi connectivity index (χ1v) is 4.57. The zero-order chi connectivity index (χ0) is 9.61. The van der Waals surface area contributed by atoms with Gasteiger partial charge in [0.2, 0.25) is 0 Å². The molecule has 1 atom stereocenters. The maximum Gasteiger partial charge on any atom is 0.0638 e. The Morgan fingerprint density at radius 1 is 1.42 bits per heavy atom. The lowest BCUT2D eigenvalue weighted by atomic mass is 10.1. The Labute approximate surface area is 75.5 Å². The van der Waals surface area contributed by atoms with Gasteiger partial charge in [0, 0.05) is 12.6 Å². The molecule has 4 N–H and O–H groups in total. The highest BCUT2D eigenvalue weighted by atomic mass is 16.5. The summed E-state index contributed by atoms with van der Waals surface area (Å²) in [6.45, 7) is 7.50. The van der Waals surface area contributed by atoms with E-state index in [1.807, 2.05) is 6.92 Å². The predicted octanol–water partition coefficient (Wildman–Crippen LogP) is 0.868. The first-order valence-electron chi connectivity index (χ1n) is 4.57. The molecule has 0 rings (SSSR count). The van der Waals surface area contributed by atoms with Gasteiger partial charge < -0.3 is 16.2 Å². The summed E-state index contributed by atoms with van der Waals surface area (Å²) >= 11 is 0. The number of hydrogen-bond acceptors (Lipinski definition) is 3. The van der Waals surface area contributed by atoms with E-state index in [-0.39, 0.29) is 11.6 Å². The molecule has 0 saturated heterocycles. The van der Waals surface area contributed by atoms with Crippen LogP contribution in [-0.2, 0) is 4.74 Å². The molecule has 0 spiro atoms. The molecule has 0 amide bonds. The molecule has 0 aliphatic heterocycles. The number of nitrogens with two attached hydrogens (primary N) is 2. The summed E-state index contributed by atoms with van der Waals surface area (Å²) in [6.07, 6.45) is 1.81. The highest BCUT2D eigenvalue weighted by Crippen LogP contribution is 2.13. The molecule has 0 heterocycles. The molecule has 12 heavy (non-hydrogen) atoms. The Balaban J connectivity index is 3.46. The summed E-state index contributed by atoms with van der Waals surface area (Å²) in [7, 11) is 0. The lowest BCUT2D eigenvalue weighted by molar-refractivity contribution is -0.0239. The zero-order valence-electron chi connectivity index (χ0n) is 8.47.